The summed E-state index contributed by atoms with van der Waals surface area (Å²) in [4.78, 5) is 29.3. The molecule has 0 spiro atoms. The number of methoxy groups -OCH3 is 1. The van der Waals surface area contributed by atoms with Crippen LogP contribution in [0.15, 0.2) is 84.9 Å². The van der Waals surface area contributed by atoms with Crippen LogP contribution < -0.4 is 10.1 Å². The lowest BCUT2D eigenvalue weighted by Gasteiger charge is -2.44. The van der Waals surface area contributed by atoms with E-state index in [0.29, 0.717) is 31.7 Å². The molecule has 5 rings (SSSR count). The van der Waals surface area contributed by atoms with Gasteiger partial charge in [-0.25, -0.2) is 0 Å². The number of fused-ring (bicyclic) bond motifs is 3. The van der Waals surface area contributed by atoms with E-state index in [0.717, 1.165) is 27.8 Å². The van der Waals surface area contributed by atoms with Crippen molar-refractivity contribution in [1.29, 1.82) is 0 Å². The lowest BCUT2D eigenvalue weighted by atomic mass is 9.93. The maximum Gasteiger partial charge on any atom is 0.271 e. The van der Waals surface area contributed by atoms with Crippen molar-refractivity contribution in [3.8, 4) is 5.75 Å². The van der Waals surface area contributed by atoms with Crippen LogP contribution in [0.3, 0.4) is 0 Å². The lowest BCUT2D eigenvalue weighted by Crippen LogP contribution is -2.64. The lowest BCUT2D eigenvalue weighted by molar-refractivity contribution is -0.133. The fourth-order valence-corrected chi connectivity index (χ4v) is 4.96. The third-order valence-corrected chi connectivity index (χ3v) is 6.92. The Bertz CT molecular complexity index is 1380. The molecule has 2 heterocycles. The van der Waals surface area contributed by atoms with Crippen molar-refractivity contribution in [2.45, 2.75) is 32.0 Å². The zero-order valence-electron chi connectivity index (χ0n) is 20.0. The van der Waals surface area contributed by atoms with Crippen molar-refractivity contribution in [3.63, 3.8) is 0 Å². The Morgan fingerprint density at radius 1 is 1.00 bits per heavy atom. The number of aromatic nitrogens is 1. The summed E-state index contributed by atoms with van der Waals surface area (Å²) >= 11 is 0. The van der Waals surface area contributed by atoms with E-state index < -0.39 is 5.54 Å². The van der Waals surface area contributed by atoms with Gasteiger partial charge in [0.05, 0.1) is 13.7 Å². The van der Waals surface area contributed by atoms with Gasteiger partial charge in [-0.1, -0.05) is 66.7 Å². The van der Waals surface area contributed by atoms with E-state index in [1.807, 2.05) is 96.4 Å². The summed E-state index contributed by atoms with van der Waals surface area (Å²) in [6, 6.07) is 27.5. The molecule has 35 heavy (non-hydrogen) atoms. The first-order chi connectivity index (χ1) is 17.0. The number of hydrogen-bond donors (Lipinski definition) is 1. The van der Waals surface area contributed by atoms with Crippen LogP contribution in [-0.2, 0) is 24.3 Å². The molecule has 2 amide bonds. The van der Waals surface area contributed by atoms with E-state index in [2.05, 4.69) is 5.32 Å². The largest absolute Gasteiger partial charge is 0.496 e. The van der Waals surface area contributed by atoms with E-state index >= 15 is 0 Å². The summed E-state index contributed by atoms with van der Waals surface area (Å²) in [5, 5.41) is 4.08. The molecule has 3 aromatic carbocycles. The standard InChI is InChI=1S/C29H29N3O3/c1-29(28(34)30-19-23-13-7-9-15-26(23)35-2)20-31-24-14-8-6-12-22(24)18-25(31)27(33)32(29)17-16-21-10-4-3-5-11-21/h3-15,18H,16-17,19-20H2,1-2H3,(H,30,34)/t29-/m0/s1. The Hall–Kier alpha value is -4.06. The topological polar surface area (TPSA) is 63.6 Å². The van der Waals surface area contributed by atoms with Gasteiger partial charge in [0.15, 0.2) is 0 Å². The average molecular weight is 468 g/mol. The minimum absolute atomic E-state index is 0.127. The number of carbonyl (C=O) groups is 2. The summed E-state index contributed by atoms with van der Waals surface area (Å²) in [7, 11) is 1.62. The van der Waals surface area contributed by atoms with Gasteiger partial charge in [0.25, 0.3) is 5.91 Å². The highest BCUT2D eigenvalue weighted by molar-refractivity contribution is 6.03. The molecule has 6 nitrogen and oxygen atoms in total. The molecule has 1 N–H and O–H groups in total. The fourth-order valence-electron chi connectivity index (χ4n) is 4.96. The van der Waals surface area contributed by atoms with Crippen molar-refractivity contribution < 1.29 is 14.3 Å². The predicted octanol–water partition coefficient (Wildman–Crippen LogP) is 4.42. The molecule has 0 saturated carbocycles. The molecule has 0 saturated heterocycles. The summed E-state index contributed by atoms with van der Waals surface area (Å²) in [6.07, 6.45) is 0.669. The minimum atomic E-state index is -1.05. The van der Waals surface area contributed by atoms with Crippen molar-refractivity contribution >= 4 is 22.7 Å². The van der Waals surface area contributed by atoms with Gasteiger partial charge in [-0.15, -0.1) is 0 Å². The van der Waals surface area contributed by atoms with Crippen LogP contribution in [0.5, 0.6) is 5.75 Å². The van der Waals surface area contributed by atoms with E-state index in [4.69, 9.17) is 4.74 Å². The number of nitrogens with one attached hydrogen (secondary N) is 1. The van der Waals surface area contributed by atoms with E-state index in [1.54, 1.807) is 12.0 Å². The Morgan fingerprint density at radius 2 is 1.71 bits per heavy atom. The van der Waals surface area contributed by atoms with Crippen molar-refractivity contribution in [3.05, 3.63) is 102 Å². The highest BCUT2D eigenvalue weighted by atomic mass is 16.5. The van der Waals surface area contributed by atoms with Crippen LogP contribution in [0.25, 0.3) is 10.9 Å². The van der Waals surface area contributed by atoms with Gasteiger partial charge >= 0.3 is 0 Å². The first-order valence-corrected chi connectivity index (χ1v) is 11.9. The first-order valence-electron chi connectivity index (χ1n) is 11.9. The highest BCUT2D eigenvalue weighted by Gasteiger charge is 2.47. The number of hydrogen-bond acceptors (Lipinski definition) is 3. The Labute approximate surface area is 205 Å². The van der Waals surface area contributed by atoms with Gasteiger partial charge < -0.3 is 19.5 Å². The molecule has 0 bridgehead atoms. The van der Waals surface area contributed by atoms with Gasteiger partial charge in [0, 0.05) is 29.6 Å². The highest BCUT2D eigenvalue weighted by Crippen LogP contribution is 2.32. The fraction of sp³-hybridized carbons (Fsp3) is 0.241. The van der Waals surface area contributed by atoms with Crippen molar-refractivity contribution in [2.24, 2.45) is 0 Å². The number of amides is 2. The summed E-state index contributed by atoms with van der Waals surface area (Å²) in [5.74, 6) is 0.406. The summed E-state index contributed by atoms with van der Waals surface area (Å²) < 4.78 is 7.42. The Balaban J connectivity index is 1.48. The maximum atomic E-state index is 13.8. The molecular formula is C29H29N3O3. The summed E-state index contributed by atoms with van der Waals surface area (Å²) in [6.45, 7) is 3.01. The smallest absolute Gasteiger partial charge is 0.271 e. The number of para-hydroxylation sites is 2. The van der Waals surface area contributed by atoms with Gasteiger partial charge in [-0.3, -0.25) is 9.59 Å². The first kappa shape index (κ1) is 22.7. The van der Waals surface area contributed by atoms with Gasteiger partial charge in [-0.2, -0.15) is 0 Å². The van der Waals surface area contributed by atoms with Crippen LogP contribution in [0.1, 0.15) is 28.5 Å². The molecule has 4 aromatic rings. The number of rotatable bonds is 7. The molecule has 0 unspecified atom stereocenters. The van der Waals surface area contributed by atoms with Gasteiger partial charge in [0.1, 0.15) is 17.0 Å². The molecule has 1 atom stereocenters. The Kier molecular flexibility index (Phi) is 6.03. The van der Waals surface area contributed by atoms with Gasteiger partial charge in [-0.05, 0) is 37.1 Å². The molecule has 0 aliphatic carbocycles. The van der Waals surface area contributed by atoms with Crippen LogP contribution in [0.2, 0.25) is 0 Å². The van der Waals surface area contributed by atoms with E-state index in [-0.39, 0.29) is 11.8 Å². The minimum Gasteiger partial charge on any atom is -0.496 e. The molecule has 0 radical (unpaired) electrons. The number of ether oxygens (including phenoxy) is 1. The zero-order chi connectivity index (χ0) is 24.4. The molecular weight excluding hydrogens is 438 g/mol. The number of benzene rings is 3. The van der Waals surface area contributed by atoms with Gasteiger partial charge in [0.2, 0.25) is 5.91 Å². The second-order valence-electron chi connectivity index (χ2n) is 9.14. The van der Waals surface area contributed by atoms with Crippen molar-refractivity contribution in [2.75, 3.05) is 13.7 Å². The molecule has 1 aliphatic heterocycles. The monoisotopic (exact) mass is 467 g/mol. The Morgan fingerprint density at radius 3 is 2.51 bits per heavy atom. The molecule has 178 valence electrons. The summed E-state index contributed by atoms with van der Waals surface area (Å²) in [5.41, 5.74) is 2.54. The molecule has 1 aliphatic rings. The second kappa shape index (κ2) is 9.29. The van der Waals surface area contributed by atoms with Crippen molar-refractivity contribution in [1.82, 2.24) is 14.8 Å². The number of carbonyl (C=O) groups excluding carboxylic acids is 2. The third-order valence-electron chi connectivity index (χ3n) is 6.92. The van der Waals surface area contributed by atoms with Crippen LogP contribution in [0.4, 0.5) is 0 Å². The van der Waals surface area contributed by atoms with Crippen LogP contribution >= 0.6 is 0 Å². The average Bonchev–Trinajstić information content (AvgIpc) is 3.26. The molecule has 0 fully saturated rings. The zero-order valence-corrected chi connectivity index (χ0v) is 20.0. The third kappa shape index (κ3) is 4.16. The van der Waals surface area contributed by atoms with E-state index in [9.17, 15) is 9.59 Å². The van der Waals surface area contributed by atoms with Crippen LogP contribution in [-0.4, -0.2) is 40.5 Å². The molecule has 6 heteroatoms. The maximum absolute atomic E-state index is 13.8. The van der Waals surface area contributed by atoms with E-state index in [1.165, 1.54) is 0 Å². The number of nitrogens with zero attached hydrogens (tertiary/aromatic N) is 2. The molecule has 1 aromatic heterocycles. The predicted molar refractivity (Wildman–Crippen MR) is 136 cm³/mol. The normalized spacial score (nSPS) is 17.3. The second-order valence-corrected chi connectivity index (χ2v) is 9.14. The SMILES string of the molecule is COc1ccccc1CNC(=O)[C@]1(C)Cn2c(cc3ccccc32)C(=O)N1CCc1ccccc1. The quantitative estimate of drug-likeness (QED) is 0.438. The van der Waals surface area contributed by atoms with Crippen LogP contribution in [0, 0.1) is 0 Å².